The van der Waals surface area contributed by atoms with E-state index in [1.54, 1.807) is 61.5 Å². The van der Waals surface area contributed by atoms with Crippen LogP contribution in [0.1, 0.15) is 29.8 Å². The lowest BCUT2D eigenvalue weighted by Gasteiger charge is -2.12. The number of carbonyl (C=O) groups is 1. The Morgan fingerprint density at radius 3 is 2.50 bits per heavy atom. The van der Waals surface area contributed by atoms with Gasteiger partial charge in [0.15, 0.2) is 5.75 Å². The van der Waals surface area contributed by atoms with E-state index in [1.165, 1.54) is 6.07 Å². The number of amides is 1. The van der Waals surface area contributed by atoms with Gasteiger partial charge in [0, 0.05) is 17.1 Å². The van der Waals surface area contributed by atoms with Crippen molar-refractivity contribution in [2.45, 2.75) is 25.2 Å². The minimum Gasteiger partial charge on any atom is -0.505 e. The summed E-state index contributed by atoms with van der Waals surface area (Å²) in [6, 6.07) is 17.9. The van der Waals surface area contributed by atoms with Crippen molar-refractivity contribution in [1.29, 1.82) is 0 Å². The highest BCUT2D eigenvalue weighted by molar-refractivity contribution is 7.85. The molecule has 9 nitrogen and oxygen atoms in total. The van der Waals surface area contributed by atoms with Crippen LogP contribution < -0.4 is 10.1 Å². The monoisotopic (exact) mass is 553 g/mol. The third kappa shape index (κ3) is 5.77. The standard InChI is InChI=1S/C27H24ClN3O6S/c1-3-16-13-23(22(28)15-24(16)38(34,35)36)30-31-25-20-11-6-5-8-17(20)12-21(26(25)32)27(33)29-18-9-7-10-19(14-18)37-4-2/h5-15,32H,3-4H2,1-2H3,(H,29,33)(H,34,35,36). The van der Waals surface area contributed by atoms with Gasteiger partial charge in [-0.05, 0) is 54.6 Å². The molecule has 196 valence electrons. The first-order valence-electron chi connectivity index (χ1n) is 11.6. The summed E-state index contributed by atoms with van der Waals surface area (Å²) in [4.78, 5) is 12.8. The maximum atomic E-state index is 13.2. The van der Waals surface area contributed by atoms with E-state index < -0.39 is 21.8 Å². The van der Waals surface area contributed by atoms with Crippen LogP contribution in [-0.4, -0.2) is 30.6 Å². The summed E-state index contributed by atoms with van der Waals surface area (Å²) in [6.45, 7) is 4.04. The number of halogens is 1. The van der Waals surface area contributed by atoms with Crippen LogP contribution in [0.25, 0.3) is 10.8 Å². The zero-order valence-corrected chi connectivity index (χ0v) is 22.0. The molecule has 11 heteroatoms. The topological polar surface area (TPSA) is 138 Å². The molecular formula is C27H24ClN3O6S. The highest BCUT2D eigenvalue weighted by atomic mass is 35.5. The van der Waals surface area contributed by atoms with E-state index in [0.29, 0.717) is 34.4 Å². The fraction of sp³-hybridized carbons (Fsp3) is 0.148. The second kappa shape index (κ2) is 11.2. The Labute approximate surface area is 224 Å². The SMILES string of the molecule is CCOc1cccc(NC(=O)c2cc3ccccc3c(N=Nc3cc(CC)c(S(=O)(=O)O)cc3Cl)c2O)c1. The van der Waals surface area contributed by atoms with Crippen molar-refractivity contribution < 1.29 is 27.6 Å². The summed E-state index contributed by atoms with van der Waals surface area (Å²) in [7, 11) is -4.48. The van der Waals surface area contributed by atoms with Crippen LogP contribution in [0.5, 0.6) is 11.5 Å². The van der Waals surface area contributed by atoms with Gasteiger partial charge in [-0.15, -0.1) is 10.2 Å². The number of hydrogen-bond donors (Lipinski definition) is 3. The molecule has 4 aromatic carbocycles. The number of nitrogens with zero attached hydrogens (tertiary/aromatic N) is 2. The Hall–Kier alpha value is -3.99. The maximum Gasteiger partial charge on any atom is 0.294 e. The van der Waals surface area contributed by atoms with Crippen LogP contribution in [-0.2, 0) is 16.5 Å². The normalized spacial score (nSPS) is 11.7. The summed E-state index contributed by atoms with van der Waals surface area (Å²) < 4.78 is 38.4. The van der Waals surface area contributed by atoms with Crippen molar-refractivity contribution in [3.05, 3.63) is 82.9 Å². The average molecular weight is 554 g/mol. The molecule has 0 aliphatic carbocycles. The van der Waals surface area contributed by atoms with Gasteiger partial charge in [0.2, 0.25) is 0 Å². The largest absolute Gasteiger partial charge is 0.505 e. The number of carbonyl (C=O) groups excluding carboxylic acids is 1. The van der Waals surface area contributed by atoms with Crippen LogP contribution in [0.4, 0.5) is 17.1 Å². The Bertz CT molecular complexity index is 1670. The van der Waals surface area contributed by atoms with Gasteiger partial charge in [0.05, 0.1) is 22.1 Å². The molecule has 0 spiro atoms. The minimum atomic E-state index is -4.48. The van der Waals surface area contributed by atoms with Gasteiger partial charge in [-0.3, -0.25) is 9.35 Å². The number of ether oxygens (including phenoxy) is 1. The van der Waals surface area contributed by atoms with E-state index in [-0.39, 0.29) is 33.3 Å². The number of aryl methyl sites for hydroxylation is 1. The van der Waals surface area contributed by atoms with Gasteiger partial charge in [-0.2, -0.15) is 8.42 Å². The molecule has 0 atom stereocenters. The van der Waals surface area contributed by atoms with Crippen LogP contribution in [0.15, 0.2) is 81.9 Å². The second-order valence-corrected chi connectivity index (χ2v) is 9.99. The molecule has 4 rings (SSSR count). The zero-order chi connectivity index (χ0) is 27.4. The fourth-order valence-electron chi connectivity index (χ4n) is 3.90. The van der Waals surface area contributed by atoms with E-state index in [0.717, 1.165) is 6.07 Å². The van der Waals surface area contributed by atoms with Gasteiger partial charge in [0.1, 0.15) is 17.1 Å². The maximum absolute atomic E-state index is 13.2. The van der Waals surface area contributed by atoms with Crippen molar-refractivity contribution >= 4 is 55.5 Å². The van der Waals surface area contributed by atoms with Gasteiger partial charge >= 0.3 is 0 Å². The molecule has 0 aliphatic heterocycles. The molecule has 0 aromatic heterocycles. The average Bonchev–Trinajstić information content (AvgIpc) is 2.88. The van der Waals surface area contributed by atoms with Gasteiger partial charge in [-0.1, -0.05) is 48.9 Å². The molecule has 0 fully saturated rings. The number of rotatable bonds is 8. The highest BCUT2D eigenvalue weighted by Gasteiger charge is 2.20. The van der Waals surface area contributed by atoms with E-state index in [2.05, 4.69) is 15.5 Å². The van der Waals surface area contributed by atoms with Crippen LogP contribution >= 0.6 is 11.6 Å². The van der Waals surface area contributed by atoms with Crippen molar-refractivity contribution in [2.24, 2.45) is 10.2 Å². The van der Waals surface area contributed by atoms with Gasteiger partial charge < -0.3 is 15.2 Å². The number of phenolic OH excluding ortho intramolecular Hbond substituents is 1. The summed E-state index contributed by atoms with van der Waals surface area (Å²) in [5.74, 6) is -0.375. The predicted molar refractivity (Wildman–Crippen MR) is 146 cm³/mol. The molecule has 0 heterocycles. The third-order valence-electron chi connectivity index (χ3n) is 5.69. The number of fused-ring (bicyclic) bond motifs is 1. The third-order valence-corrected chi connectivity index (χ3v) is 6.93. The molecule has 0 radical (unpaired) electrons. The highest BCUT2D eigenvalue weighted by Crippen LogP contribution is 2.41. The molecule has 1 amide bonds. The number of aromatic hydroxyl groups is 1. The Kier molecular flexibility index (Phi) is 7.96. The van der Waals surface area contributed by atoms with Gasteiger partial charge in [0.25, 0.3) is 16.0 Å². The van der Waals surface area contributed by atoms with E-state index >= 15 is 0 Å². The smallest absolute Gasteiger partial charge is 0.294 e. The van der Waals surface area contributed by atoms with Gasteiger partial charge in [-0.25, -0.2) is 0 Å². The molecule has 38 heavy (non-hydrogen) atoms. The number of benzene rings is 4. The van der Waals surface area contributed by atoms with Crippen LogP contribution in [0.2, 0.25) is 5.02 Å². The molecule has 0 bridgehead atoms. The Morgan fingerprint density at radius 1 is 1.03 bits per heavy atom. The molecule has 4 aromatic rings. The van der Waals surface area contributed by atoms with Crippen molar-refractivity contribution in [3.8, 4) is 11.5 Å². The first kappa shape index (κ1) is 27.1. The molecule has 3 N–H and O–H groups in total. The molecule has 0 aliphatic rings. The quantitative estimate of drug-likeness (QED) is 0.157. The van der Waals surface area contributed by atoms with E-state index in [4.69, 9.17) is 16.3 Å². The van der Waals surface area contributed by atoms with Crippen molar-refractivity contribution in [1.82, 2.24) is 0 Å². The summed E-state index contributed by atoms with van der Waals surface area (Å²) in [5.41, 5.74) is 0.907. The van der Waals surface area contributed by atoms with Crippen LogP contribution in [0.3, 0.4) is 0 Å². The minimum absolute atomic E-state index is 0.0264. The molecular weight excluding hydrogens is 530 g/mol. The first-order valence-corrected chi connectivity index (χ1v) is 13.4. The predicted octanol–water partition coefficient (Wildman–Crippen LogP) is 7.07. The number of azo groups is 1. The number of anilines is 1. The van der Waals surface area contributed by atoms with Crippen molar-refractivity contribution in [3.63, 3.8) is 0 Å². The lowest BCUT2D eigenvalue weighted by molar-refractivity contribution is 0.102. The molecule has 0 saturated heterocycles. The zero-order valence-electron chi connectivity index (χ0n) is 20.5. The van der Waals surface area contributed by atoms with Crippen molar-refractivity contribution in [2.75, 3.05) is 11.9 Å². The van der Waals surface area contributed by atoms with E-state index in [9.17, 15) is 22.9 Å². The Balaban J connectivity index is 1.77. The Morgan fingerprint density at radius 2 is 1.79 bits per heavy atom. The number of nitrogens with one attached hydrogen (secondary N) is 1. The number of phenols is 1. The fourth-order valence-corrected chi connectivity index (χ4v) is 4.97. The molecule has 0 unspecified atom stereocenters. The number of hydrogen-bond acceptors (Lipinski definition) is 7. The second-order valence-electron chi connectivity index (χ2n) is 8.20. The van der Waals surface area contributed by atoms with E-state index in [1.807, 2.05) is 6.92 Å². The lowest BCUT2D eigenvalue weighted by atomic mass is 10.0. The summed E-state index contributed by atoms with van der Waals surface area (Å²) in [5, 5.41) is 23.3. The summed E-state index contributed by atoms with van der Waals surface area (Å²) in [6.07, 6.45) is 0.281. The first-order chi connectivity index (χ1) is 18.1. The molecule has 0 saturated carbocycles. The lowest BCUT2D eigenvalue weighted by Crippen LogP contribution is -2.12. The summed E-state index contributed by atoms with van der Waals surface area (Å²) >= 11 is 6.23. The van der Waals surface area contributed by atoms with Crippen LogP contribution in [0, 0.1) is 0 Å².